The van der Waals surface area contributed by atoms with Gasteiger partial charge in [-0.2, -0.15) is 0 Å². The summed E-state index contributed by atoms with van der Waals surface area (Å²) in [5.41, 5.74) is 10.1. The van der Waals surface area contributed by atoms with E-state index in [0.717, 1.165) is 0 Å². The fourth-order valence-corrected chi connectivity index (χ4v) is 0.488. The molecular formula is C5H13N3O. The summed E-state index contributed by atoms with van der Waals surface area (Å²) >= 11 is 0. The highest BCUT2D eigenvalue weighted by Gasteiger charge is 1.94. The summed E-state index contributed by atoms with van der Waals surface area (Å²) in [6.45, 7) is 4.29. The quantitative estimate of drug-likeness (QED) is 0.406. The molecule has 0 aliphatic carbocycles. The van der Waals surface area contributed by atoms with Gasteiger partial charge >= 0.3 is 0 Å². The van der Waals surface area contributed by atoms with Crippen molar-refractivity contribution in [3.05, 3.63) is 0 Å². The first kappa shape index (κ1) is 8.23. The van der Waals surface area contributed by atoms with Crippen LogP contribution in [-0.4, -0.2) is 18.8 Å². The molecular weight excluding hydrogens is 118 g/mol. The first-order valence-electron chi connectivity index (χ1n) is 2.87. The van der Waals surface area contributed by atoms with Crippen LogP contribution in [0.2, 0.25) is 0 Å². The van der Waals surface area contributed by atoms with E-state index >= 15 is 0 Å². The summed E-state index contributed by atoms with van der Waals surface area (Å²) in [6, 6.07) is 0. The summed E-state index contributed by atoms with van der Waals surface area (Å²) < 4.78 is 5.01. The van der Waals surface area contributed by atoms with E-state index in [1.54, 1.807) is 6.92 Å². The SMILES string of the molecule is CCOC(C)N=C(N)N. The van der Waals surface area contributed by atoms with Crippen molar-refractivity contribution in [3.63, 3.8) is 0 Å². The molecule has 0 heterocycles. The molecule has 4 N–H and O–H groups in total. The predicted molar refractivity (Wildman–Crippen MR) is 36.9 cm³/mol. The predicted octanol–water partition coefficient (Wildman–Crippen LogP) is -0.358. The molecule has 54 valence electrons. The van der Waals surface area contributed by atoms with E-state index in [4.69, 9.17) is 16.2 Å². The van der Waals surface area contributed by atoms with Gasteiger partial charge in [0.25, 0.3) is 0 Å². The summed E-state index contributed by atoms with van der Waals surface area (Å²) in [5, 5.41) is 0. The third-order valence-electron chi connectivity index (χ3n) is 0.739. The molecule has 0 aliphatic heterocycles. The highest BCUT2D eigenvalue weighted by molar-refractivity contribution is 5.75. The number of hydrogen-bond donors (Lipinski definition) is 2. The Balaban J connectivity index is 3.49. The average molecular weight is 131 g/mol. The van der Waals surface area contributed by atoms with E-state index in [-0.39, 0.29) is 12.2 Å². The second-order valence-electron chi connectivity index (χ2n) is 1.61. The fraction of sp³-hybridized carbons (Fsp3) is 0.800. The molecule has 1 atom stereocenters. The van der Waals surface area contributed by atoms with Crippen molar-refractivity contribution in [1.82, 2.24) is 0 Å². The van der Waals surface area contributed by atoms with Crippen molar-refractivity contribution in [3.8, 4) is 0 Å². The standard InChI is InChI=1S/C5H13N3O/c1-3-9-4(2)8-5(6)7/h4H,3H2,1-2H3,(H4,6,7,8). The minimum Gasteiger partial charge on any atom is -0.370 e. The highest BCUT2D eigenvalue weighted by atomic mass is 16.5. The van der Waals surface area contributed by atoms with Crippen LogP contribution in [0.4, 0.5) is 0 Å². The number of hydrogen-bond acceptors (Lipinski definition) is 2. The van der Waals surface area contributed by atoms with Crippen LogP contribution in [0.3, 0.4) is 0 Å². The molecule has 0 rings (SSSR count). The maximum atomic E-state index is 5.07. The van der Waals surface area contributed by atoms with Gasteiger partial charge in [-0.3, -0.25) is 0 Å². The lowest BCUT2D eigenvalue weighted by Gasteiger charge is -2.04. The van der Waals surface area contributed by atoms with Crippen LogP contribution >= 0.6 is 0 Å². The molecule has 1 unspecified atom stereocenters. The molecule has 9 heavy (non-hydrogen) atoms. The van der Waals surface area contributed by atoms with Gasteiger partial charge in [0.1, 0.15) is 6.23 Å². The minimum absolute atomic E-state index is 0.0657. The summed E-state index contributed by atoms with van der Waals surface area (Å²) in [6.07, 6.45) is -0.222. The smallest absolute Gasteiger partial charge is 0.188 e. The number of nitrogens with zero attached hydrogens (tertiary/aromatic N) is 1. The van der Waals surface area contributed by atoms with Gasteiger partial charge in [0, 0.05) is 6.61 Å². The second kappa shape index (κ2) is 4.14. The maximum Gasteiger partial charge on any atom is 0.188 e. The Morgan fingerprint density at radius 2 is 2.22 bits per heavy atom. The molecule has 0 amide bonds. The molecule has 0 saturated carbocycles. The molecule has 0 aliphatic rings. The Bertz CT molecular complexity index is 98.4. The fourth-order valence-electron chi connectivity index (χ4n) is 0.488. The second-order valence-corrected chi connectivity index (χ2v) is 1.61. The van der Waals surface area contributed by atoms with E-state index in [2.05, 4.69) is 4.99 Å². The summed E-state index contributed by atoms with van der Waals surface area (Å²) in [4.78, 5) is 3.72. The molecule has 0 aromatic carbocycles. The van der Waals surface area contributed by atoms with Crippen molar-refractivity contribution in [2.75, 3.05) is 6.61 Å². The molecule has 0 radical (unpaired) electrons. The Hall–Kier alpha value is -0.770. The van der Waals surface area contributed by atoms with Crippen LogP contribution in [-0.2, 0) is 4.74 Å². The van der Waals surface area contributed by atoms with Gasteiger partial charge < -0.3 is 16.2 Å². The van der Waals surface area contributed by atoms with Crippen LogP contribution in [0.15, 0.2) is 4.99 Å². The Morgan fingerprint density at radius 3 is 2.56 bits per heavy atom. The molecule has 0 aromatic heterocycles. The van der Waals surface area contributed by atoms with Gasteiger partial charge in [-0.05, 0) is 13.8 Å². The van der Waals surface area contributed by atoms with Crippen molar-refractivity contribution in [2.45, 2.75) is 20.1 Å². The van der Waals surface area contributed by atoms with Crippen molar-refractivity contribution < 1.29 is 4.74 Å². The van der Waals surface area contributed by atoms with Gasteiger partial charge in [0.2, 0.25) is 0 Å². The van der Waals surface area contributed by atoms with E-state index in [0.29, 0.717) is 6.61 Å². The highest BCUT2D eigenvalue weighted by Crippen LogP contribution is 1.89. The van der Waals surface area contributed by atoms with Gasteiger partial charge in [-0.15, -0.1) is 0 Å². The average Bonchev–Trinajstić information content (AvgIpc) is 1.63. The van der Waals surface area contributed by atoms with Crippen LogP contribution in [0.1, 0.15) is 13.8 Å². The van der Waals surface area contributed by atoms with Gasteiger partial charge in [-0.1, -0.05) is 0 Å². The van der Waals surface area contributed by atoms with Crippen LogP contribution in [0, 0.1) is 0 Å². The van der Waals surface area contributed by atoms with Crippen LogP contribution < -0.4 is 11.5 Å². The molecule has 0 aromatic rings. The zero-order chi connectivity index (χ0) is 7.28. The van der Waals surface area contributed by atoms with Gasteiger partial charge in [0.15, 0.2) is 5.96 Å². The molecule has 0 saturated heterocycles. The zero-order valence-corrected chi connectivity index (χ0v) is 5.79. The lowest BCUT2D eigenvalue weighted by Crippen LogP contribution is -2.25. The van der Waals surface area contributed by atoms with E-state index in [1.807, 2.05) is 6.92 Å². The third kappa shape index (κ3) is 5.10. The third-order valence-corrected chi connectivity index (χ3v) is 0.739. The Labute approximate surface area is 54.9 Å². The van der Waals surface area contributed by atoms with Gasteiger partial charge in [-0.25, -0.2) is 4.99 Å². The number of rotatable bonds is 3. The molecule has 0 fully saturated rings. The lowest BCUT2D eigenvalue weighted by molar-refractivity contribution is 0.0830. The number of aliphatic imine (C=N–C) groups is 1. The first-order valence-corrected chi connectivity index (χ1v) is 2.87. The van der Waals surface area contributed by atoms with Crippen LogP contribution in [0.5, 0.6) is 0 Å². The first-order chi connectivity index (χ1) is 4.16. The molecule has 0 spiro atoms. The summed E-state index contributed by atoms with van der Waals surface area (Å²) in [7, 11) is 0. The molecule has 0 bridgehead atoms. The number of ether oxygens (including phenoxy) is 1. The topological polar surface area (TPSA) is 73.6 Å². The van der Waals surface area contributed by atoms with E-state index in [1.165, 1.54) is 0 Å². The van der Waals surface area contributed by atoms with Crippen LogP contribution in [0.25, 0.3) is 0 Å². The number of guanidine groups is 1. The summed E-state index contributed by atoms with van der Waals surface area (Å²) in [5.74, 6) is 0.0657. The molecule has 4 nitrogen and oxygen atoms in total. The van der Waals surface area contributed by atoms with Crippen molar-refractivity contribution in [1.29, 1.82) is 0 Å². The van der Waals surface area contributed by atoms with Crippen molar-refractivity contribution in [2.24, 2.45) is 16.5 Å². The normalized spacial score (nSPS) is 12.7. The zero-order valence-electron chi connectivity index (χ0n) is 5.79. The maximum absolute atomic E-state index is 5.07. The minimum atomic E-state index is -0.222. The van der Waals surface area contributed by atoms with Crippen molar-refractivity contribution >= 4 is 5.96 Å². The van der Waals surface area contributed by atoms with Gasteiger partial charge in [0.05, 0.1) is 0 Å². The Kier molecular flexibility index (Phi) is 3.79. The monoisotopic (exact) mass is 131 g/mol. The Morgan fingerprint density at radius 1 is 1.67 bits per heavy atom. The lowest BCUT2D eigenvalue weighted by atomic mass is 10.6. The molecule has 4 heteroatoms. The largest absolute Gasteiger partial charge is 0.370 e. The van der Waals surface area contributed by atoms with E-state index in [9.17, 15) is 0 Å². The van der Waals surface area contributed by atoms with E-state index < -0.39 is 0 Å². The number of nitrogens with two attached hydrogens (primary N) is 2.